The van der Waals surface area contributed by atoms with Crippen molar-refractivity contribution in [1.29, 1.82) is 0 Å². The first kappa shape index (κ1) is 28.6. The zero-order valence-electron chi connectivity index (χ0n) is 24.9. The Bertz CT molecular complexity index is 1420. The number of carboxylic acids is 1. The molecule has 3 aliphatic heterocycles. The van der Waals surface area contributed by atoms with Gasteiger partial charge in [0.1, 0.15) is 35.3 Å². The monoisotopic (exact) mass is 579 g/mol. The van der Waals surface area contributed by atoms with Gasteiger partial charge in [-0.1, -0.05) is 33.6 Å². The highest BCUT2D eigenvalue weighted by molar-refractivity contribution is 5.91. The average molecular weight is 580 g/mol. The highest BCUT2D eigenvalue weighted by Gasteiger charge is 2.54. The van der Waals surface area contributed by atoms with Crippen molar-refractivity contribution in [3.63, 3.8) is 0 Å². The summed E-state index contributed by atoms with van der Waals surface area (Å²) >= 11 is 0. The van der Waals surface area contributed by atoms with Crippen LogP contribution in [0.5, 0.6) is 11.5 Å². The molecule has 0 unspecified atom stereocenters. The molecule has 1 saturated heterocycles. The number of pyridine rings is 1. The Morgan fingerprint density at radius 3 is 2.74 bits per heavy atom. The number of benzene rings is 1. The van der Waals surface area contributed by atoms with Gasteiger partial charge in [-0.3, -0.25) is 4.79 Å². The van der Waals surface area contributed by atoms with Crippen LogP contribution < -0.4 is 14.8 Å². The second kappa shape index (κ2) is 10.6. The van der Waals surface area contributed by atoms with Crippen LogP contribution in [0.4, 0.5) is 4.79 Å². The lowest BCUT2D eigenvalue weighted by Gasteiger charge is -2.38. The molecule has 10 heteroatoms. The molecule has 2 N–H and O–H groups in total. The van der Waals surface area contributed by atoms with E-state index >= 15 is 0 Å². The van der Waals surface area contributed by atoms with Crippen LogP contribution in [0, 0.1) is 11.3 Å². The third kappa shape index (κ3) is 5.36. The van der Waals surface area contributed by atoms with Gasteiger partial charge in [-0.05, 0) is 68.1 Å². The number of aliphatic carboxylic acids is 1. The van der Waals surface area contributed by atoms with E-state index in [1.165, 1.54) is 4.90 Å². The molecule has 2 aromatic rings. The van der Waals surface area contributed by atoms with Gasteiger partial charge in [0.15, 0.2) is 0 Å². The molecular formula is C32H41N3O7. The highest BCUT2D eigenvalue weighted by atomic mass is 16.6. The molecule has 4 heterocycles. The van der Waals surface area contributed by atoms with Gasteiger partial charge >= 0.3 is 12.1 Å². The number of methoxy groups -OCH3 is 1. The number of ether oxygens (including phenoxy) is 3. The van der Waals surface area contributed by atoms with Crippen molar-refractivity contribution in [2.75, 3.05) is 13.7 Å². The van der Waals surface area contributed by atoms with Crippen LogP contribution in [-0.4, -0.2) is 70.4 Å². The second-order valence-corrected chi connectivity index (χ2v) is 13.5. The molecule has 1 aromatic heterocycles. The fourth-order valence-electron chi connectivity index (χ4n) is 6.93. The summed E-state index contributed by atoms with van der Waals surface area (Å²) in [5, 5.41) is 14.0. The molecule has 4 aliphatic rings. The summed E-state index contributed by atoms with van der Waals surface area (Å²) in [5.41, 5.74) is 1.29. The van der Waals surface area contributed by atoms with E-state index in [1.54, 1.807) is 7.11 Å². The minimum Gasteiger partial charge on any atom is -0.497 e. The number of alkyl carbamates (subject to hydrolysis) is 1. The number of hydrogen-bond acceptors (Lipinski definition) is 7. The molecule has 10 nitrogen and oxygen atoms in total. The van der Waals surface area contributed by atoms with Gasteiger partial charge in [-0.15, -0.1) is 0 Å². The summed E-state index contributed by atoms with van der Waals surface area (Å²) in [7, 11) is 1.64. The number of carboxylic acid groups (broad SMARTS) is 1. The minimum absolute atomic E-state index is 0.117. The molecule has 1 aromatic carbocycles. The number of rotatable bonds is 2. The van der Waals surface area contributed by atoms with E-state index in [2.05, 4.69) is 5.32 Å². The Morgan fingerprint density at radius 2 is 2.00 bits per heavy atom. The molecule has 2 fully saturated rings. The summed E-state index contributed by atoms with van der Waals surface area (Å²) in [6.07, 6.45) is 6.16. The van der Waals surface area contributed by atoms with Crippen molar-refractivity contribution in [3.8, 4) is 11.5 Å². The minimum atomic E-state index is -1.09. The molecule has 1 spiro atoms. The maximum Gasteiger partial charge on any atom is 0.408 e. The van der Waals surface area contributed by atoms with Crippen LogP contribution in [0.2, 0.25) is 0 Å². The van der Waals surface area contributed by atoms with Crippen molar-refractivity contribution in [2.24, 2.45) is 11.3 Å². The first-order chi connectivity index (χ1) is 20.0. The quantitative estimate of drug-likeness (QED) is 0.527. The van der Waals surface area contributed by atoms with Crippen LogP contribution in [0.15, 0.2) is 18.2 Å². The van der Waals surface area contributed by atoms with E-state index in [4.69, 9.17) is 19.2 Å². The number of fused-ring (bicyclic) bond motifs is 4. The topological polar surface area (TPSA) is 127 Å². The number of nitrogens with zero attached hydrogens (tertiary/aromatic N) is 2. The average Bonchev–Trinajstić information content (AvgIpc) is 3.57. The number of carbonyl (C=O) groups excluding carboxylic acids is 2. The molecule has 0 radical (unpaired) electrons. The Labute approximate surface area is 246 Å². The maximum atomic E-state index is 14.1. The third-order valence-electron chi connectivity index (χ3n) is 9.42. The summed E-state index contributed by atoms with van der Waals surface area (Å²) in [4.78, 5) is 45.9. The lowest BCUT2D eigenvalue weighted by molar-refractivity contribution is -0.150. The standard InChI is InChI=1S/C32H41N3O7/c1-31(2,3)27-28(36)35-17-32(16-24(35)29(37)38)13-12-20-21-15-19(40-4)10-11-22(21)33-23(26(20)42-32)9-7-5-6-8-18-14-25(18)41-30(39)34-27/h10-11,15,18,24-25,27H,5-9,12-14,16-17H2,1-4H3,(H,34,39)(H,37,38)/t18-,24+,25-,27-,32-/m1/s1. The van der Waals surface area contributed by atoms with Crippen molar-refractivity contribution in [1.82, 2.24) is 15.2 Å². The van der Waals surface area contributed by atoms with Crippen LogP contribution in [-0.2, 0) is 27.2 Å². The van der Waals surface area contributed by atoms with Gasteiger partial charge in [-0.2, -0.15) is 0 Å². The number of aryl methyl sites for hydroxylation is 2. The van der Waals surface area contributed by atoms with Crippen molar-refractivity contribution in [3.05, 3.63) is 29.5 Å². The van der Waals surface area contributed by atoms with E-state index in [1.807, 2.05) is 39.0 Å². The van der Waals surface area contributed by atoms with E-state index < -0.39 is 41.1 Å². The molecule has 3 bridgehead atoms. The SMILES string of the molecule is COc1ccc2nc3c4c(c2c1)CC[C@]1(C[C@@H](C(=O)O)N(C1)C(=O)[C@H](C(C)(C)C)NC(=O)O[C@@H]1C[C@H]1CCCCC3)O4. The van der Waals surface area contributed by atoms with Gasteiger partial charge in [0.2, 0.25) is 5.91 Å². The van der Waals surface area contributed by atoms with Gasteiger partial charge < -0.3 is 29.5 Å². The van der Waals surface area contributed by atoms with Crippen LogP contribution in [0.1, 0.15) is 77.0 Å². The zero-order chi connectivity index (χ0) is 29.8. The van der Waals surface area contributed by atoms with Gasteiger partial charge in [0, 0.05) is 17.4 Å². The predicted molar refractivity (Wildman–Crippen MR) is 155 cm³/mol. The van der Waals surface area contributed by atoms with E-state index in [0.29, 0.717) is 18.8 Å². The van der Waals surface area contributed by atoms with Crippen LogP contribution >= 0.6 is 0 Å². The van der Waals surface area contributed by atoms with Crippen LogP contribution in [0.3, 0.4) is 0 Å². The van der Waals surface area contributed by atoms with E-state index in [0.717, 1.165) is 72.2 Å². The molecule has 6 rings (SSSR count). The largest absolute Gasteiger partial charge is 0.497 e. The van der Waals surface area contributed by atoms with Crippen molar-refractivity contribution < 1.29 is 33.7 Å². The van der Waals surface area contributed by atoms with Gasteiger partial charge in [0.25, 0.3) is 0 Å². The number of carbonyl (C=O) groups is 3. The molecule has 1 saturated carbocycles. The first-order valence-electron chi connectivity index (χ1n) is 15.2. The highest BCUT2D eigenvalue weighted by Crippen LogP contribution is 2.46. The van der Waals surface area contributed by atoms with Crippen molar-refractivity contribution in [2.45, 2.75) is 102 Å². The Kier molecular flexibility index (Phi) is 7.22. The predicted octanol–water partition coefficient (Wildman–Crippen LogP) is 4.64. The Hall–Kier alpha value is -3.56. The first-order valence-corrected chi connectivity index (χ1v) is 15.2. The van der Waals surface area contributed by atoms with E-state index in [9.17, 15) is 19.5 Å². The van der Waals surface area contributed by atoms with Crippen LogP contribution in [0.25, 0.3) is 10.9 Å². The summed E-state index contributed by atoms with van der Waals surface area (Å²) < 4.78 is 18.0. The van der Waals surface area contributed by atoms with Gasteiger partial charge in [-0.25, -0.2) is 14.6 Å². The second-order valence-electron chi connectivity index (χ2n) is 13.5. The van der Waals surface area contributed by atoms with Gasteiger partial charge in [0.05, 0.1) is 24.9 Å². The fraction of sp³-hybridized carbons (Fsp3) is 0.625. The molecule has 226 valence electrons. The smallest absolute Gasteiger partial charge is 0.408 e. The summed E-state index contributed by atoms with van der Waals surface area (Å²) in [6, 6.07) is 3.85. The lowest BCUT2D eigenvalue weighted by Crippen LogP contribution is -2.57. The molecule has 42 heavy (non-hydrogen) atoms. The van der Waals surface area contributed by atoms with E-state index in [-0.39, 0.29) is 19.1 Å². The number of aromatic nitrogens is 1. The summed E-state index contributed by atoms with van der Waals surface area (Å²) in [6.45, 7) is 5.68. The van der Waals surface area contributed by atoms with Crippen molar-refractivity contribution >= 4 is 28.9 Å². The number of hydrogen-bond donors (Lipinski definition) is 2. The Morgan fingerprint density at radius 1 is 1.19 bits per heavy atom. The number of nitrogens with one attached hydrogen (secondary N) is 1. The normalized spacial score (nSPS) is 29.9. The summed E-state index contributed by atoms with van der Waals surface area (Å²) in [5.74, 6) is 0.269. The fourth-order valence-corrected chi connectivity index (χ4v) is 6.93. The zero-order valence-corrected chi connectivity index (χ0v) is 24.9. The lowest BCUT2D eigenvalue weighted by atomic mass is 9.85. The molecule has 2 amide bonds. The number of amides is 2. The molecule has 1 aliphatic carbocycles. The maximum absolute atomic E-state index is 14.1. The molecule has 5 atom stereocenters. The third-order valence-corrected chi connectivity index (χ3v) is 9.42. The Balaban J connectivity index is 1.40. The molecular weight excluding hydrogens is 538 g/mol.